The lowest BCUT2D eigenvalue weighted by Gasteiger charge is -2.22. The normalized spacial score (nSPS) is 16.1. The molecule has 1 aromatic carbocycles. The van der Waals surface area contributed by atoms with Gasteiger partial charge in [-0.1, -0.05) is 25.0 Å². The molecule has 0 heterocycles. The van der Waals surface area contributed by atoms with Crippen molar-refractivity contribution < 1.29 is 9.59 Å². The fourth-order valence-electron chi connectivity index (χ4n) is 2.59. The van der Waals surface area contributed by atoms with Gasteiger partial charge in [-0.25, -0.2) is 4.79 Å². The van der Waals surface area contributed by atoms with Crippen LogP contribution in [0.15, 0.2) is 24.3 Å². The number of nitrogens with zero attached hydrogens (tertiary/aromatic N) is 1. The van der Waals surface area contributed by atoms with Crippen molar-refractivity contribution in [1.82, 2.24) is 10.2 Å². The SMILES string of the molecule is CN(C)C(=O)Nc1cccc(CNC(=O)C2(N)CCCC2)c1. The van der Waals surface area contributed by atoms with E-state index in [4.69, 9.17) is 5.73 Å². The van der Waals surface area contributed by atoms with Crippen molar-refractivity contribution in [3.8, 4) is 0 Å². The first-order valence-corrected chi connectivity index (χ1v) is 7.55. The second kappa shape index (κ2) is 6.79. The van der Waals surface area contributed by atoms with Crippen molar-refractivity contribution >= 4 is 17.6 Å². The van der Waals surface area contributed by atoms with Crippen LogP contribution in [0.25, 0.3) is 0 Å². The molecule has 0 radical (unpaired) electrons. The zero-order valence-electron chi connectivity index (χ0n) is 13.2. The van der Waals surface area contributed by atoms with Crippen LogP contribution >= 0.6 is 0 Å². The van der Waals surface area contributed by atoms with Crippen molar-refractivity contribution in [3.05, 3.63) is 29.8 Å². The number of hydrogen-bond acceptors (Lipinski definition) is 3. The van der Waals surface area contributed by atoms with Crippen LogP contribution in [0, 0.1) is 0 Å². The highest BCUT2D eigenvalue weighted by molar-refractivity contribution is 5.89. The summed E-state index contributed by atoms with van der Waals surface area (Å²) in [6, 6.07) is 7.23. The highest BCUT2D eigenvalue weighted by atomic mass is 16.2. The third kappa shape index (κ3) is 3.98. The predicted octanol–water partition coefficient (Wildman–Crippen LogP) is 1.67. The maximum Gasteiger partial charge on any atom is 0.321 e. The lowest BCUT2D eigenvalue weighted by Crippen LogP contribution is -2.51. The molecule has 0 bridgehead atoms. The predicted molar refractivity (Wildman–Crippen MR) is 86.4 cm³/mol. The molecule has 120 valence electrons. The lowest BCUT2D eigenvalue weighted by atomic mass is 9.98. The Balaban J connectivity index is 1.93. The van der Waals surface area contributed by atoms with Crippen LogP contribution in [-0.4, -0.2) is 36.5 Å². The van der Waals surface area contributed by atoms with E-state index in [1.807, 2.05) is 24.3 Å². The molecule has 22 heavy (non-hydrogen) atoms. The molecule has 0 unspecified atom stereocenters. The van der Waals surface area contributed by atoms with Gasteiger partial charge in [-0.3, -0.25) is 4.79 Å². The van der Waals surface area contributed by atoms with Gasteiger partial charge in [0.25, 0.3) is 0 Å². The van der Waals surface area contributed by atoms with Crippen LogP contribution in [0.4, 0.5) is 10.5 Å². The number of carbonyl (C=O) groups excluding carboxylic acids is 2. The quantitative estimate of drug-likeness (QED) is 0.790. The molecule has 3 amide bonds. The van der Waals surface area contributed by atoms with E-state index in [9.17, 15) is 9.59 Å². The molecule has 6 nitrogen and oxygen atoms in total. The smallest absolute Gasteiger partial charge is 0.321 e. The van der Waals surface area contributed by atoms with E-state index in [1.54, 1.807) is 14.1 Å². The van der Waals surface area contributed by atoms with Crippen LogP contribution < -0.4 is 16.4 Å². The van der Waals surface area contributed by atoms with Gasteiger partial charge in [0, 0.05) is 26.3 Å². The summed E-state index contributed by atoms with van der Waals surface area (Å²) in [6.07, 6.45) is 3.52. The summed E-state index contributed by atoms with van der Waals surface area (Å²) in [4.78, 5) is 25.3. The molecule has 0 aliphatic heterocycles. The number of amides is 3. The molecule has 1 saturated carbocycles. The molecular weight excluding hydrogens is 280 g/mol. The van der Waals surface area contributed by atoms with Gasteiger partial charge < -0.3 is 21.3 Å². The molecular formula is C16H24N4O2. The molecule has 4 N–H and O–H groups in total. The molecule has 1 aromatic rings. The summed E-state index contributed by atoms with van der Waals surface area (Å²) in [7, 11) is 3.36. The Labute approximate surface area is 131 Å². The van der Waals surface area contributed by atoms with E-state index in [2.05, 4.69) is 10.6 Å². The van der Waals surface area contributed by atoms with E-state index >= 15 is 0 Å². The molecule has 0 spiro atoms. The Morgan fingerprint density at radius 3 is 2.59 bits per heavy atom. The summed E-state index contributed by atoms with van der Waals surface area (Å²) >= 11 is 0. The van der Waals surface area contributed by atoms with E-state index in [1.165, 1.54) is 4.90 Å². The van der Waals surface area contributed by atoms with Gasteiger partial charge >= 0.3 is 6.03 Å². The Hall–Kier alpha value is -2.08. The lowest BCUT2D eigenvalue weighted by molar-refractivity contribution is -0.126. The maximum absolute atomic E-state index is 12.2. The first-order valence-electron chi connectivity index (χ1n) is 7.55. The number of urea groups is 1. The fraction of sp³-hybridized carbons (Fsp3) is 0.500. The van der Waals surface area contributed by atoms with Gasteiger partial charge in [-0.05, 0) is 30.5 Å². The second-order valence-corrected chi connectivity index (χ2v) is 6.07. The monoisotopic (exact) mass is 304 g/mol. The summed E-state index contributed by atoms with van der Waals surface area (Å²) in [6.45, 7) is 0.406. The molecule has 0 atom stereocenters. The number of benzene rings is 1. The third-order valence-corrected chi connectivity index (χ3v) is 3.99. The molecule has 1 fully saturated rings. The Morgan fingerprint density at radius 1 is 1.27 bits per heavy atom. The Morgan fingerprint density at radius 2 is 1.95 bits per heavy atom. The van der Waals surface area contributed by atoms with Gasteiger partial charge in [-0.2, -0.15) is 0 Å². The standard InChI is InChI=1S/C16H24N4O2/c1-20(2)15(22)19-13-7-5-6-12(10-13)11-18-14(21)16(17)8-3-4-9-16/h5-7,10H,3-4,8-9,11,17H2,1-2H3,(H,18,21)(H,19,22). The van der Waals surface area contributed by atoms with Crippen molar-refractivity contribution in [3.63, 3.8) is 0 Å². The number of rotatable bonds is 4. The highest BCUT2D eigenvalue weighted by Gasteiger charge is 2.36. The molecule has 1 aliphatic rings. The van der Waals surface area contributed by atoms with Gasteiger partial charge in [0.2, 0.25) is 5.91 Å². The highest BCUT2D eigenvalue weighted by Crippen LogP contribution is 2.27. The fourth-order valence-corrected chi connectivity index (χ4v) is 2.59. The summed E-state index contributed by atoms with van der Waals surface area (Å²) < 4.78 is 0. The Bertz CT molecular complexity index is 551. The zero-order chi connectivity index (χ0) is 16.2. The van der Waals surface area contributed by atoms with Crippen LogP contribution in [-0.2, 0) is 11.3 Å². The summed E-state index contributed by atoms with van der Waals surface area (Å²) in [5.41, 5.74) is 7.03. The second-order valence-electron chi connectivity index (χ2n) is 6.07. The largest absolute Gasteiger partial charge is 0.350 e. The number of nitrogens with one attached hydrogen (secondary N) is 2. The van der Waals surface area contributed by atoms with Gasteiger partial charge in [0.05, 0.1) is 5.54 Å². The van der Waals surface area contributed by atoms with E-state index in [0.29, 0.717) is 12.2 Å². The van der Waals surface area contributed by atoms with Crippen LogP contribution in [0.1, 0.15) is 31.2 Å². The van der Waals surface area contributed by atoms with E-state index in [0.717, 1.165) is 31.2 Å². The maximum atomic E-state index is 12.2. The zero-order valence-corrected chi connectivity index (χ0v) is 13.2. The number of anilines is 1. The van der Waals surface area contributed by atoms with Crippen LogP contribution in [0.2, 0.25) is 0 Å². The average molecular weight is 304 g/mol. The van der Waals surface area contributed by atoms with Crippen LogP contribution in [0.5, 0.6) is 0 Å². The number of hydrogen-bond donors (Lipinski definition) is 3. The molecule has 6 heteroatoms. The molecule has 0 aromatic heterocycles. The van der Waals surface area contributed by atoms with Crippen LogP contribution in [0.3, 0.4) is 0 Å². The minimum atomic E-state index is -0.712. The topological polar surface area (TPSA) is 87.5 Å². The summed E-state index contributed by atoms with van der Waals surface area (Å²) in [5, 5.41) is 5.68. The molecule has 1 aliphatic carbocycles. The van der Waals surface area contributed by atoms with E-state index in [-0.39, 0.29) is 11.9 Å². The first-order chi connectivity index (χ1) is 10.4. The van der Waals surface area contributed by atoms with Gasteiger partial charge in [0.15, 0.2) is 0 Å². The third-order valence-electron chi connectivity index (χ3n) is 3.99. The van der Waals surface area contributed by atoms with Crippen molar-refractivity contribution in [1.29, 1.82) is 0 Å². The first kappa shape index (κ1) is 16.3. The number of carbonyl (C=O) groups is 2. The minimum absolute atomic E-state index is 0.0901. The molecule has 0 saturated heterocycles. The number of nitrogens with two attached hydrogens (primary N) is 1. The van der Waals surface area contributed by atoms with Gasteiger partial charge in [-0.15, -0.1) is 0 Å². The van der Waals surface area contributed by atoms with Crippen molar-refractivity contribution in [2.45, 2.75) is 37.8 Å². The minimum Gasteiger partial charge on any atom is -0.350 e. The van der Waals surface area contributed by atoms with E-state index < -0.39 is 5.54 Å². The summed E-state index contributed by atoms with van der Waals surface area (Å²) in [5.74, 6) is -0.0901. The molecule has 2 rings (SSSR count). The van der Waals surface area contributed by atoms with Crippen molar-refractivity contribution in [2.75, 3.05) is 19.4 Å². The average Bonchev–Trinajstić information content (AvgIpc) is 2.93. The Kier molecular flexibility index (Phi) is 5.03. The van der Waals surface area contributed by atoms with Crippen molar-refractivity contribution in [2.24, 2.45) is 5.73 Å². The van der Waals surface area contributed by atoms with Gasteiger partial charge in [0.1, 0.15) is 0 Å².